The summed E-state index contributed by atoms with van der Waals surface area (Å²) < 4.78 is 5.81. The highest BCUT2D eigenvalue weighted by molar-refractivity contribution is 7.12. The van der Waals surface area contributed by atoms with Crippen LogP contribution in [0.1, 0.15) is 62.2 Å². The highest BCUT2D eigenvalue weighted by Gasteiger charge is 2.37. The van der Waals surface area contributed by atoms with Gasteiger partial charge in [-0.25, -0.2) is 0 Å². The summed E-state index contributed by atoms with van der Waals surface area (Å²) in [5.41, 5.74) is 2.15. The molecule has 30 heavy (non-hydrogen) atoms. The van der Waals surface area contributed by atoms with E-state index in [9.17, 15) is 14.4 Å². The van der Waals surface area contributed by atoms with Gasteiger partial charge in [0.15, 0.2) is 11.5 Å². The summed E-state index contributed by atoms with van der Waals surface area (Å²) in [5, 5.41) is 7.45. The molecule has 3 aromatic rings. The molecular formula is C23H22N2O4S. The SMILES string of the molecule is Cc1c(C(=O)Nc2ccc(NC(=O)c3cccs3)cc2)oc2c1C(=O)CC(C)(C)C2. The van der Waals surface area contributed by atoms with Gasteiger partial charge >= 0.3 is 0 Å². The Labute approximate surface area is 178 Å². The fourth-order valence-corrected chi connectivity index (χ4v) is 4.34. The average molecular weight is 423 g/mol. The molecule has 2 N–H and O–H groups in total. The summed E-state index contributed by atoms with van der Waals surface area (Å²) in [4.78, 5) is 38.0. The van der Waals surface area contributed by atoms with Crippen molar-refractivity contribution in [3.8, 4) is 0 Å². The molecule has 2 aromatic heterocycles. The largest absolute Gasteiger partial charge is 0.455 e. The van der Waals surface area contributed by atoms with E-state index in [1.807, 2.05) is 25.3 Å². The molecule has 0 saturated carbocycles. The number of fused-ring (bicyclic) bond motifs is 1. The predicted molar refractivity (Wildman–Crippen MR) is 117 cm³/mol. The van der Waals surface area contributed by atoms with Crippen LogP contribution in [0.3, 0.4) is 0 Å². The van der Waals surface area contributed by atoms with Crippen LogP contribution in [-0.2, 0) is 6.42 Å². The van der Waals surface area contributed by atoms with Gasteiger partial charge in [0.05, 0.1) is 10.4 Å². The molecular weight excluding hydrogens is 400 g/mol. The lowest BCUT2D eigenvalue weighted by molar-refractivity contribution is 0.0898. The number of benzene rings is 1. The predicted octanol–water partition coefficient (Wildman–Crippen LogP) is 5.31. The first kappa shape index (κ1) is 20.1. The maximum Gasteiger partial charge on any atom is 0.291 e. The monoisotopic (exact) mass is 422 g/mol. The zero-order chi connectivity index (χ0) is 21.5. The molecule has 0 atom stereocenters. The third kappa shape index (κ3) is 3.93. The van der Waals surface area contributed by atoms with Crippen molar-refractivity contribution >= 4 is 40.3 Å². The molecule has 0 bridgehead atoms. The lowest BCUT2D eigenvalue weighted by Crippen LogP contribution is -2.26. The number of furan rings is 1. The van der Waals surface area contributed by atoms with Gasteiger partial charge in [-0.1, -0.05) is 19.9 Å². The molecule has 4 rings (SSSR count). The van der Waals surface area contributed by atoms with Gasteiger partial charge in [0, 0.05) is 29.8 Å². The summed E-state index contributed by atoms with van der Waals surface area (Å²) in [6.07, 6.45) is 1.07. The Morgan fingerprint density at radius 2 is 1.63 bits per heavy atom. The average Bonchev–Trinajstić information content (AvgIpc) is 3.31. The molecule has 0 saturated heterocycles. The van der Waals surface area contributed by atoms with Crippen LogP contribution in [0.5, 0.6) is 0 Å². The van der Waals surface area contributed by atoms with Crippen molar-refractivity contribution in [3.05, 3.63) is 69.3 Å². The Kier molecular flexibility index (Phi) is 5.07. The van der Waals surface area contributed by atoms with Crippen LogP contribution in [0.25, 0.3) is 0 Å². The molecule has 6 nitrogen and oxygen atoms in total. The molecule has 7 heteroatoms. The second-order valence-corrected chi connectivity index (χ2v) is 9.21. The van der Waals surface area contributed by atoms with E-state index in [1.54, 1.807) is 37.3 Å². The number of carbonyl (C=O) groups is 3. The highest BCUT2D eigenvalue weighted by Crippen LogP contribution is 2.38. The summed E-state index contributed by atoms with van der Waals surface area (Å²) in [5.74, 6) is 0.202. The minimum Gasteiger partial charge on any atom is -0.455 e. The van der Waals surface area contributed by atoms with Crippen LogP contribution in [0.4, 0.5) is 11.4 Å². The molecule has 2 heterocycles. The van der Waals surface area contributed by atoms with Crippen molar-refractivity contribution in [1.82, 2.24) is 0 Å². The summed E-state index contributed by atoms with van der Waals surface area (Å²) in [6.45, 7) is 5.78. The van der Waals surface area contributed by atoms with E-state index in [0.717, 1.165) is 0 Å². The van der Waals surface area contributed by atoms with E-state index < -0.39 is 5.91 Å². The third-order valence-corrected chi connectivity index (χ3v) is 6.00. The smallest absolute Gasteiger partial charge is 0.291 e. The molecule has 2 amide bonds. The van der Waals surface area contributed by atoms with Crippen molar-refractivity contribution in [2.24, 2.45) is 5.41 Å². The summed E-state index contributed by atoms with van der Waals surface area (Å²) >= 11 is 1.37. The van der Waals surface area contributed by atoms with Crippen LogP contribution < -0.4 is 10.6 Å². The van der Waals surface area contributed by atoms with E-state index >= 15 is 0 Å². The molecule has 1 aromatic carbocycles. The first-order chi connectivity index (χ1) is 14.2. The van der Waals surface area contributed by atoms with Crippen molar-refractivity contribution < 1.29 is 18.8 Å². The van der Waals surface area contributed by atoms with Crippen molar-refractivity contribution in [2.75, 3.05) is 10.6 Å². The minimum absolute atomic E-state index is 0.0207. The quantitative estimate of drug-likeness (QED) is 0.596. The van der Waals surface area contributed by atoms with E-state index in [1.165, 1.54) is 11.3 Å². The lowest BCUT2D eigenvalue weighted by atomic mass is 9.76. The van der Waals surface area contributed by atoms with Gasteiger partial charge in [0.1, 0.15) is 5.76 Å². The first-order valence-corrected chi connectivity index (χ1v) is 10.5. The molecule has 0 fully saturated rings. The Hall–Kier alpha value is -3.19. The Morgan fingerprint density at radius 3 is 2.23 bits per heavy atom. The van der Waals surface area contributed by atoms with Gasteiger partial charge in [0.2, 0.25) is 0 Å². The number of carbonyl (C=O) groups excluding carboxylic acids is 3. The van der Waals surface area contributed by atoms with Gasteiger partial charge < -0.3 is 15.1 Å². The maximum absolute atomic E-state index is 12.8. The second-order valence-electron chi connectivity index (χ2n) is 8.26. The van der Waals surface area contributed by atoms with Crippen LogP contribution in [0, 0.1) is 12.3 Å². The lowest BCUT2D eigenvalue weighted by Gasteiger charge is -2.27. The standard InChI is InChI=1S/C23H22N2O4S/c1-13-19-16(26)11-23(2,3)12-17(19)29-20(13)22(28)25-15-8-6-14(7-9-15)24-21(27)18-5-4-10-30-18/h4-10H,11-12H2,1-3H3,(H,24,27)(H,25,28). The molecule has 0 radical (unpaired) electrons. The summed E-state index contributed by atoms with van der Waals surface area (Å²) in [7, 11) is 0. The Bertz CT molecular complexity index is 1120. The normalized spacial score (nSPS) is 14.8. The number of thiophene rings is 1. The van der Waals surface area contributed by atoms with Gasteiger partial charge in [-0.2, -0.15) is 0 Å². The van der Waals surface area contributed by atoms with Gasteiger partial charge in [0.25, 0.3) is 11.8 Å². The first-order valence-electron chi connectivity index (χ1n) is 9.65. The number of hydrogen-bond donors (Lipinski definition) is 2. The highest BCUT2D eigenvalue weighted by atomic mass is 32.1. The minimum atomic E-state index is -0.400. The zero-order valence-corrected chi connectivity index (χ0v) is 17.8. The third-order valence-electron chi connectivity index (χ3n) is 5.13. The van der Waals surface area contributed by atoms with Crippen LogP contribution in [-0.4, -0.2) is 17.6 Å². The van der Waals surface area contributed by atoms with Gasteiger partial charge in [-0.15, -0.1) is 11.3 Å². The molecule has 0 unspecified atom stereocenters. The molecule has 1 aliphatic rings. The molecule has 0 spiro atoms. The number of ketones is 1. The number of amides is 2. The van der Waals surface area contributed by atoms with Crippen molar-refractivity contribution in [1.29, 1.82) is 0 Å². The van der Waals surface area contributed by atoms with E-state index in [4.69, 9.17) is 4.42 Å². The van der Waals surface area contributed by atoms with Gasteiger partial charge in [-0.3, -0.25) is 14.4 Å². The van der Waals surface area contributed by atoms with Crippen molar-refractivity contribution in [2.45, 2.75) is 33.6 Å². The van der Waals surface area contributed by atoms with Crippen molar-refractivity contribution in [3.63, 3.8) is 0 Å². The maximum atomic E-state index is 12.8. The zero-order valence-electron chi connectivity index (χ0n) is 17.0. The Morgan fingerprint density at radius 1 is 1.00 bits per heavy atom. The molecule has 154 valence electrons. The van der Waals surface area contributed by atoms with E-state index in [2.05, 4.69) is 10.6 Å². The fraction of sp³-hybridized carbons (Fsp3) is 0.261. The van der Waals surface area contributed by atoms with E-state index in [0.29, 0.717) is 46.0 Å². The molecule has 0 aliphatic heterocycles. The fourth-order valence-electron chi connectivity index (χ4n) is 3.72. The number of nitrogens with one attached hydrogen (secondary N) is 2. The number of anilines is 2. The number of hydrogen-bond acceptors (Lipinski definition) is 5. The number of rotatable bonds is 4. The Balaban J connectivity index is 1.47. The van der Waals surface area contributed by atoms with Crippen LogP contribution >= 0.6 is 11.3 Å². The van der Waals surface area contributed by atoms with Gasteiger partial charge in [-0.05, 0) is 48.1 Å². The van der Waals surface area contributed by atoms with Crippen LogP contribution in [0.15, 0.2) is 46.2 Å². The van der Waals surface area contributed by atoms with E-state index in [-0.39, 0.29) is 22.9 Å². The molecule has 1 aliphatic carbocycles. The second kappa shape index (κ2) is 7.57. The van der Waals surface area contributed by atoms with Crippen LogP contribution in [0.2, 0.25) is 0 Å². The topological polar surface area (TPSA) is 88.4 Å². The number of Topliss-reactive ketones (excluding diaryl/α,β-unsaturated/α-hetero) is 1. The summed E-state index contributed by atoms with van der Waals surface area (Å²) in [6, 6.07) is 10.4.